The molecule has 1 aromatic heterocycles. The van der Waals surface area contributed by atoms with Crippen LogP contribution in [0.3, 0.4) is 0 Å². The number of thiazole rings is 1. The molecule has 0 spiro atoms. The zero-order chi connectivity index (χ0) is 14.6. The number of carbonyl (C=O) groups excluding carboxylic acids is 1. The molecule has 1 atom stereocenters. The van der Waals surface area contributed by atoms with Crippen molar-refractivity contribution in [2.24, 2.45) is 0 Å². The average Bonchev–Trinajstić information content (AvgIpc) is 2.62. The van der Waals surface area contributed by atoms with E-state index in [1.54, 1.807) is 20.8 Å². The molecular formula is C12H18N2O4S. The van der Waals surface area contributed by atoms with Crippen LogP contribution in [-0.4, -0.2) is 33.8 Å². The molecule has 7 heteroatoms. The third-order valence-electron chi connectivity index (χ3n) is 2.01. The van der Waals surface area contributed by atoms with E-state index >= 15 is 0 Å². The standard InChI is InChI=1S/C12H18N2O4S/c1-7(13-11(17)18-12(2,3)4)5-9-14-8(6-19-9)10(15)16/h6-7H,5H2,1-4H3,(H,13,17)(H,15,16)/t7-/m1/s1. The predicted octanol–water partition coefficient (Wildman–Crippen LogP) is 2.30. The van der Waals surface area contributed by atoms with Gasteiger partial charge in [0, 0.05) is 17.8 Å². The van der Waals surface area contributed by atoms with Gasteiger partial charge in [0.2, 0.25) is 0 Å². The van der Waals surface area contributed by atoms with Crippen LogP contribution in [-0.2, 0) is 11.2 Å². The second kappa shape index (κ2) is 6.01. The van der Waals surface area contributed by atoms with Gasteiger partial charge in [0.05, 0.1) is 5.01 Å². The predicted molar refractivity (Wildman–Crippen MR) is 71.6 cm³/mol. The third-order valence-corrected chi connectivity index (χ3v) is 2.89. The highest BCUT2D eigenvalue weighted by atomic mass is 32.1. The molecule has 2 N–H and O–H groups in total. The number of alkyl carbamates (subject to hydrolysis) is 1. The summed E-state index contributed by atoms with van der Waals surface area (Å²) in [5.74, 6) is -1.05. The Hall–Kier alpha value is -1.63. The number of carbonyl (C=O) groups is 2. The first-order chi connectivity index (χ1) is 8.67. The summed E-state index contributed by atoms with van der Waals surface area (Å²) in [7, 11) is 0. The molecule has 0 radical (unpaired) electrons. The lowest BCUT2D eigenvalue weighted by atomic mass is 10.2. The SMILES string of the molecule is C[C@H](Cc1nc(C(=O)O)cs1)NC(=O)OC(C)(C)C. The number of carboxylic acids is 1. The van der Waals surface area contributed by atoms with Gasteiger partial charge in [-0.05, 0) is 27.7 Å². The molecule has 0 aliphatic rings. The van der Waals surface area contributed by atoms with Gasteiger partial charge in [0.1, 0.15) is 5.60 Å². The molecule has 1 amide bonds. The van der Waals surface area contributed by atoms with Gasteiger partial charge >= 0.3 is 12.1 Å². The van der Waals surface area contributed by atoms with Gasteiger partial charge in [-0.1, -0.05) is 0 Å². The fraction of sp³-hybridized carbons (Fsp3) is 0.583. The fourth-order valence-electron chi connectivity index (χ4n) is 1.32. The molecule has 1 heterocycles. The van der Waals surface area contributed by atoms with Gasteiger partial charge < -0.3 is 15.2 Å². The first kappa shape index (κ1) is 15.4. The van der Waals surface area contributed by atoms with E-state index in [2.05, 4.69) is 10.3 Å². The molecule has 6 nitrogen and oxygen atoms in total. The molecule has 0 saturated carbocycles. The van der Waals surface area contributed by atoms with Crippen molar-refractivity contribution in [1.29, 1.82) is 0 Å². The van der Waals surface area contributed by atoms with Crippen molar-refractivity contribution in [1.82, 2.24) is 10.3 Å². The Morgan fingerprint density at radius 3 is 2.63 bits per heavy atom. The second-order valence-corrected chi connectivity index (χ2v) is 6.13. The van der Waals surface area contributed by atoms with E-state index in [1.165, 1.54) is 16.7 Å². The van der Waals surface area contributed by atoms with E-state index in [-0.39, 0.29) is 11.7 Å². The van der Waals surface area contributed by atoms with Gasteiger partial charge in [-0.3, -0.25) is 0 Å². The number of hydrogen-bond acceptors (Lipinski definition) is 5. The van der Waals surface area contributed by atoms with Crippen molar-refractivity contribution >= 4 is 23.4 Å². The zero-order valence-corrected chi connectivity index (χ0v) is 12.2. The highest BCUT2D eigenvalue weighted by Crippen LogP contribution is 2.12. The lowest BCUT2D eigenvalue weighted by Crippen LogP contribution is -2.38. The minimum atomic E-state index is -1.05. The Balaban J connectivity index is 2.48. The maximum Gasteiger partial charge on any atom is 0.407 e. The van der Waals surface area contributed by atoms with Crippen molar-refractivity contribution in [3.63, 3.8) is 0 Å². The smallest absolute Gasteiger partial charge is 0.407 e. The molecular weight excluding hydrogens is 268 g/mol. The lowest BCUT2D eigenvalue weighted by Gasteiger charge is -2.21. The summed E-state index contributed by atoms with van der Waals surface area (Å²) in [5.41, 5.74) is -0.508. The molecule has 0 bridgehead atoms. The highest BCUT2D eigenvalue weighted by Gasteiger charge is 2.18. The van der Waals surface area contributed by atoms with Gasteiger partial charge in [-0.15, -0.1) is 11.3 Å². The normalized spacial score (nSPS) is 12.8. The minimum Gasteiger partial charge on any atom is -0.476 e. The van der Waals surface area contributed by atoms with Crippen LogP contribution in [0.15, 0.2) is 5.38 Å². The number of hydrogen-bond donors (Lipinski definition) is 2. The first-order valence-corrected chi connectivity index (χ1v) is 6.72. The summed E-state index contributed by atoms with van der Waals surface area (Å²) < 4.78 is 5.13. The summed E-state index contributed by atoms with van der Waals surface area (Å²) in [5, 5.41) is 13.6. The van der Waals surface area contributed by atoms with Crippen LogP contribution in [0.5, 0.6) is 0 Å². The topological polar surface area (TPSA) is 88.5 Å². The van der Waals surface area contributed by atoms with Gasteiger partial charge in [0.15, 0.2) is 5.69 Å². The quantitative estimate of drug-likeness (QED) is 0.886. The Morgan fingerprint density at radius 2 is 2.16 bits per heavy atom. The number of carboxylic acid groups (broad SMARTS) is 1. The average molecular weight is 286 g/mol. The first-order valence-electron chi connectivity index (χ1n) is 5.84. The molecule has 106 valence electrons. The van der Waals surface area contributed by atoms with Crippen LogP contribution in [0.2, 0.25) is 0 Å². The summed E-state index contributed by atoms with van der Waals surface area (Å²) in [6.07, 6.45) is -0.0213. The van der Waals surface area contributed by atoms with Crippen LogP contribution in [0.1, 0.15) is 43.2 Å². The van der Waals surface area contributed by atoms with Gasteiger partial charge in [-0.2, -0.15) is 0 Å². The Morgan fingerprint density at radius 1 is 1.53 bits per heavy atom. The third kappa shape index (κ3) is 5.69. The summed E-state index contributed by atoms with van der Waals surface area (Å²) in [6, 6.07) is -0.178. The van der Waals surface area contributed by atoms with Gasteiger partial charge in [-0.25, -0.2) is 14.6 Å². The van der Waals surface area contributed by atoms with E-state index in [4.69, 9.17) is 9.84 Å². The van der Waals surface area contributed by atoms with E-state index in [0.717, 1.165) is 0 Å². The largest absolute Gasteiger partial charge is 0.476 e. The van der Waals surface area contributed by atoms with Crippen LogP contribution in [0, 0.1) is 0 Å². The number of nitrogens with zero attached hydrogens (tertiary/aromatic N) is 1. The maximum atomic E-state index is 11.5. The van der Waals surface area contributed by atoms with E-state index < -0.39 is 17.7 Å². The van der Waals surface area contributed by atoms with Crippen LogP contribution in [0.4, 0.5) is 4.79 Å². The van der Waals surface area contributed by atoms with Crippen LogP contribution in [0.25, 0.3) is 0 Å². The van der Waals surface area contributed by atoms with E-state index in [0.29, 0.717) is 11.4 Å². The monoisotopic (exact) mass is 286 g/mol. The summed E-state index contributed by atoms with van der Waals surface area (Å²) in [6.45, 7) is 7.18. The number of amides is 1. The lowest BCUT2D eigenvalue weighted by molar-refractivity contribution is 0.0507. The second-order valence-electron chi connectivity index (χ2n) is 5.18. The number of aromatic nitrogens is 1. The van der Waals surface area contributed by atoms with Crippen molar-refractivity contribution in [2.75, 3.05) is 0 Å². The van der Waals surface area contributed by atoms with Crippen molar-refractivity contribution in [3.05, 3.63) is 16.1 Å². The molecule has 0 aromatic carbocycles. The van der Waals surface area contributed by atoms with E-state index in [9.17, 15) is 9.59 Å². The zero-order valence-electron chi connectivity index (χ0n) is 11.4. The molecule has 1 aromatic rings. The number of ether oxygens (including phenoxy) is 1. The maximum absolute atomic E-state index is 11.5. The highest BCUT2D eigenvalue weighted by molar-refractivity contribution is 7.09. The molecule has 0 aliphatic heterocycles. The molecule has 0 fully saturated rings. The molecule has 0 unspecified atom stereocenters. The molecule has 0 aliphatic carbocycles. The molecule has 1 rings (SSSR count). The van der Waals surface area contributed by atoms with Crippen molar-refractivity contribution in [2.45, 2.75) is 45.8 Å². The van der Waals surface area contributed by atoms with E-state index in [1.807, 2.05) is 6.92 Å². The summed E-state index contributed by atoms with van der Waals surface area (Å²) in [4.78, 5) is 26.2. The number of aromatic carboxylic acids is 1. The molecule has 19 heavy (non-hydrogen) atoms. The number of nitrogens with one attached hydrogen (secondary N) is 1. The van der Waals surface area contributed by atoms with Crippen LogP contribution >= 0.6 is 11.3 Å². The minimum absolute atomic E-state index is 0.0319. The van der Waals surface area contributed by atoms with Crippen molar-refractivity contribution < 1.29 is 19.4 Å². The summed E-state index contributed by atoms with van der Waals surface area (Å²) >= 11 is 1.26. The Labute approximate surface area is 115 Å². The van der Waals surface area contributed by atoms with Crippen LogP contribution < -0.4 is 5.32 Å². The van der Waals surface area contributed by atoms with Crippen molar-refractivity contribution in [3.8, 4) is 0 Å². The molecule has 0 saturated heterocycles. The fourth-order valence-corrected chi connectivity index (χ4v) is 2.22. The van der Waals surface area contributed by atoms with Gasteiger partial charge in [0.25, 0.3) is 0 Å². The Kier molecular flexibility index (Phi) is 4.88. The number of rotatable bonds is 4. The Bertz CT molecular complexity index is 465.